The van der Waals surface area contributed by atoms with Crippen LogP contribution in [0.25, 0.3) is 16.7 Å². The zero-order valence-corrected chi connectivity index (χ0v) is 24.0. The zero-order valence-electron chi connectivity index (χ0n) is 22.5. The number of carbonyl (C=O) groups excluding carboxylic acids is 1. The maximum absolute atomic E-state index is 13.8. The number of aromatic nitrogens is 5. The number of nitrogens with zero attached hydrogens (tertiary/aromatic N) is 7. The number of ether oxygens (including phenoxy) is 3. The molecular weight excluding hydrogens is 549 g/mol. The van der Waals surface area contributed by atoms with Gasteiger partial charge in [0.2, 0.25) is 5.88 Å². The van der Waals surface area contributed by atoms with Crippen molar-refractivity contribution in [2.45, 2.75) is 52.2 Å². The average molecular weight is 578 g/mol. The van der Waals surface area contributed by atoms with Gasteiger partial charge in [0.1, 0.15) is 40.4 Å². The van der Waals surface area contributed by atoms with Crippen LogP contribution in [-0.2, 0) is 4.74 Å². The minimum atomic E-state index is -0.629. The maximum atomic E-state index is 13.8. The third-order valence-electron chi connectivity index (χ3n) is 6.47. The molecule has 0 spiro atoms. The molecule has 39 heavy (non-hydrogen) atoms. The fourth-order valence-corrected chi connectivity index (χ4v) is 5.16. The van der Waals surface area contributed by atoms with Crippen LogP contribution in [0.2, 0.25) is 10.2 Å². The quantitative estimate of drug-likeness (QED) is 0.424. The molecule has 5 rings (SSSR count). The Bertz CT molecular complexity index is 1520. The van der Waals surface area contributed by atoms with Crippen molar-refractivity contribution in [3.05, 3.63) is 32.7 Å². The number of halogens is 2. The molecular formula is C25H29Cl2N7O5. The van der Waals surface area contributed by atoms with E-state index in [2.05, 4.69) is 19.9 Å². The molecule has 3 aromatic rings. The highest BCUT2D eigenvalue weighted by molar-refractivity contribution is 6.43. The Morgan fingerprint density at radius 3 is 2.59 bits per heavy atom. The number of anilines is 1. The number of amides is 1. The monoisotopic (exact) mass is 577 g/mol. The van der Waals surface area contributed by atoms with Gasteiger partial charge in [-0.1, -0.05) is 37.0 Å². The number of carbonyl (C=O) groups is 1. The first-order chi connectivity index (χ1) is 18.4. The summed E-state index contributed by atoms with van der Waals surface area (Å²) in [6.07, 6.45) is 0.957. The molecule has 2 aliphatic rings. The summed E-state index contributed by atoms with van der Waals surface area (Å²) < 4.78 is 18.6. The van der Waals surface area contributed by atoms with Crippen LogP contribution < -0.4 is 20.1 Å². The molecule has 3 aromatic heterocycles. The second-order valence-electron chi connectivity index (χ2n) is 10.7. The van der Waals surface area contributed by atoms with E-state index < -0.39 is 17.4 Å². The Kier molecular flexibility index (Phi) is 6.96. The number of pyridine rings is 1. The third-order valence-corrected chi connectivity index (χ3v) is 7.19. The van der Waals surface area contributed by atoms with Gasteiger partial charge < -0.3 is 24.0 Å². The van der Waals surface area contributed by atoms with Gasteiger partial charge in [0.05, 0.1) is 18.8 Å². The number of methoxy groups -OCH3 is 1. The Morgan fingerprint density at radius 1 is 1.18 bits per heavy atom. The molecule has 208 valence electrons. The first-order valence-electron chi connectivity index (χ1n) is 12.5. The summed E-state index contributed by atoms with van der Waals surface area (Å²) in [4.78, 5) is 47.8. The Balaban J connectivity index is 1.70. The molecule has 0 saturated carbocycles. The van der Waals surface area contributed by atoms with E-state index >= 15 is 0 Å². The number of rotatable bonds is 3. The number of piperazine rings is 1. The normalized spacial score (nSPS) is 17.1. The van der Waals surface area contributed by atoms with Crippen LogP contribution in [0, 0.1) is 0 Å². The van der Waals surface area contributed by atoms with E-state index in [1.807, 2.05) is 39.5 Å². The van der Waals surface area contributed by atoms with Crippen LogP contribution in [0.3, 0.4) is 0 Å². The van der Waals surface area contributed by atoms with Crippen molar-refractivity contribution in [1.82, 2.24) is 29.4 Å². The van der Waals surface area contributed by atoms with E-state index in [0.29, 0.717) is 42.2 Å². The summed E-state index contributed by atoms with van der Waals surface area (Å²) in [5.41, 5.74) is -0.199. The molecule has 12 nitrogen and oxygen atoms in total. The van der Waals surface area contributed by atoms with Gasteiger partial charge in [-0.2, -0.15) is 9.97 Å². The van der Waals surface area contributed by atoms with Gasteiger partial charge in [-0.15, -0.1) is 0 Å². The zero-order chi connectivity index (χ0) is 28.2. The topological polar surface area (TPSA) is 125 Å². The standard InChI is InChI=1S/C25H29Cl2N7O5/c1-12(2)16-17(22(37-6)29-11-28-16)34-21-14-18(15(26)19(27)30-21)38-10-13-9-32(24(36)39-25(3,4)5)7-8-33(13)20(14)31-23(34)35/h11-13H,7-10H2,1-6H3/t13-/m1/s1. The molecule has 1 saturated heterocycles. The molecule has 0 aromatic carbocycles. The minimum absolute atomic E-state index is 0.0402. The lowest BCUT2D eigenvalue weighted by Crippen LogP contribution is -2.57. The first-order valence-corrected chi connectivity index (χ1v) is 13.2. The molecule has 1 atom stereocenters. The highest BCUT2D eigenvalue weighted by atomic mass is 35.5. The van der Waals surface area contributed by atoms with Gasteiger partial charge in [-0.25, -0.2) is 24.1 Å². The van der Waals surface area contributed by atoms with Crippen molar-refractivity contribution < 1.29 is 19.0 Å². The van der Waals surface area contributed by atoms with Crippen molar-refractivity contribution in [3.63, 3.8) is 0 Å². The van der Waals surface area contributed by atoms with Crippen molar-refractivity contribution in [2.24, 2.45) is 0 Å². The van der Waals surface area contributed by atoms with E-state index in [1.54, 1.807) is 4.90 Å². The van der Waals surface area contributed by atoms with E-state index in [9.17, 15) is 9.59 Å². The fraction of sp³-hybridized carbons (Fsp3) is 0.520. The summed E-state index contributed by atoms with van der Waals surface area (Å²) in [6.45, 7) is 10.5. The second kappa shape index (κ2) is 9.98. The van der Waals surface area contributed by atoms with Crippen LogP contribution in [-0.4, -0.2) is 80.5 Å². The van der Waals surface area contributed by atoms with Gasteiger partial charge in [-0.05, 0) is 26.7 Å². The van der Waals surface area contributed by atoms with Gasteiger partial charge in [0.25, 0.3) is 0 Å². The first kappa shape index (κ1) is 27.2. The van der Waals surface area contributed by atoms with Gasteiger partial charge >= 0.3 is 11.8 Å². The van der Waals surface area contributed by atoms with Gasteiger partial charge in [0, 0.05) is 19.6 Å². The largest absolute Gasteiger partial charge is 0.489 e. The lowest BCUT2D eigenvalue weighted by molar-refractivity contribution is 0.0202. The lowest BCUT2D eigenvalue weighted by atomic mass is 10.1. The van der Waals surface area contributed by atoms with E-state index in [4.69, 9.17) is 37.4 Å². The predicted molar refractivity (Wildman–Crippen MR) is 146 cm³/mol. The van der Waals surface area contributed by atoms with Crippen LogP contribution in [0.1, 0.15) is 46.2 Å². The predicted octanol–water partition coefficient (Wildman–Crippen LogP) is 3.83. The lowest BCUT2D eigenvalue weighted by Gasteiger charge is -2.41. The SMILES string of the molecule is COc1ncnc(C(C)C)c1-n1c(=O)nc2c3c(c(Cl)c(Cl)nc31)OC[C@H]1CN(C(=O)OC(C)(C)C)CCN21. The number of hydrogen-bond donors (Lipinski definition) is 0. The minimum Gasteiger partial charge on any atom is -0.489 e. The van der Waals surface area contributed by atoms with Crippen molar-refractivity contribution in [2.75, 3.05) is 38.3 Å². The molecule has 0 bridgehead atoms. The van der Waals surface area contributed by atoms with Gasteiger partial charge in [-0.3, -0.25) is 0 Å². The van der Waals surface area contributed by atoms with E-state index in [-0.39, 0.29) is 46.0 Å². The second-order valence-corrected chi connectivity index (χ2v) is 11.4. The van der Waals surface area contributed by atoms with E-state index in [1.165, 1.54) is 18.0 Å². The Morgan fingerprint density at radius 2 is 1.92 bits per heavy atom. The summed E-state index contributed by atoms with van der Waals surface area (Å²) in [5.74, 6) is 0.697. The average Bonchev–Trinajstić information content (AvgIpc) is 3.03. The molecule has 1 fully saturated rings. The van der Waals surface area contributed by atoms with Crippen LogP contribution >= 0.6 is 23.2 Å². The molecule has 0 aliphatic carbocycles. The van der Waals surface area contributed by atoms with Crippen molar-refractivity contribution >= 4 is 46.1 Å². The van der Waals surface area contributed by atoms with Crippen LogP contribution in [0.15, 0.2) is 11.1 Å². The Labute approximate surface area is 234 Å². The number of hydrogen-bond acceptors (Lipinski definition) is 10. The Hall–Kier alpha value is -3.38. The molecule has 14 heteroatoms. The van der Waals surface area contributed by atoms with Crippen LogP contribution in [0.4, 0.5) is 10.6 Å². The van der Waals surface area contributed by atoms with Crippen LogP contribution in [0.5, 0.6) is 11.6 Å². The van der Waals surface area contributed by atoms with E-state index in [0.717, 1.165) is 0 Å². The van der Waals surface area contributed by atoms with Crippen molar-refractivity contribution in [3.8, 4) is 17.3 Å². The molecule has 0 radical (unpaired) electrons. The summed E-state index contributed by atoms with van der Waals surface area (Å²) in [5, 5.41) is 0.473. The summed E-state index contributed by atoms with van der Waals surface area (Å²) >= 11 is 13.1. The molecule has 0 unspecified atom stereocenters. The molecule has 1 amide bonds. The highest BCUT2D eigenvalue weighted by Gasteiger charge is 2.38. The summed E-state index contributed by atoms with van der Waals surface area (Å²) in [6, 6.07) is -0.333. The van der Waals surface area contributed by atoms with Gasteiger partial charge in [0.15, 0.2) is 16.5 Å². The number of fused-ring (bicyclic) bond motifs is 2. The maximum Gasteiger partial charge on any atom is 0.410 e. The molecule has 5 heterocycles. The molecule has 2 aliphatic heterocycles. The summed E-state index contributed by atoms with van der Waals surface area (Å²) in [7, 11) is 1.46. The smallest absolute Gasteiger partial charge is 0.410 e. The fourth-order valence-electron chi connectivity index (χ4n) is 4.80. The van der Waals surface area contributed by atoms with Crippen molar-refractivity contribution in [1.29, 1.82) is 0 Å². The highest BCUT2D eigenvalue weighted by Crippen LogP contribution is 2.44. The molecule has 0 N–H and O–H groups in total. The third kappa shape index (κ3) is 4.80.